The number of nitrogens with zero attached hydrogens (tertiary/aromatic N) is 2. The molecule has 0 aromatic heterocycles. The lowest BCUT2D eigenvalue weighted by Crippen LogP contribution is -2.24. The molecule has 238 valence electrons. The Morgan fingerprint density at radius 2 is 0.960 bits per heavy atom. The molecular formula is C48H36N2. The van der Waals surface area contributed by atoms with Gasteiger partial charge < -0.3 is 9.80 Å². The van der Waals surface area contributed by atoms with Gasteiger partial charge in [0.2, 0.25) is 0 Å². The highest BCUT2D eigenvalue weighted by Crippen LogP contribution is 2.56. The summed E-state index contributed by atoms with van der Waals surface area (Å²) in [4.78, 5) is 4.82. The van der Waals surface area contributed by atoms with Crippen molar-refractivity contribution in [2.45, 2.75) is 19.3 Å². The van der Waals surface area contributed by atoms with Crippen molar-refractivity contribution in [3.05, 3.63) is 175 Å². The van der Waals surface area contributed by atoms with E-state index in [-0.39, 0.29) is 5.41 Å². The van der Waals surface area contributed by atoms with Gasteiger partial charge in [0.25, 0.3) is 0 Å². The van der Waals surface area contributed by atoms with Crippen LogP contribution in [0.1, 0.15) is 25.0 Å². The Kier molecular flexibility index (Phi) is 6.17. The van der Waals surface area contributed by atoms with Crippen LogP contribution in [0.15, 0.2) is 164 Å². The molecule has 8 aromatic carbocycles. The fraction of sp³-hybridized carbons (Fsp3) is 0.0833. The first-order valence-electron chi connectivity index (χ1n) is 17.5. The van der Waals surface area contributed by atoms with Gasteiger partial charge in [0.15, 0.2) is 0 Å². The molecule has 1 heterocycles. The minimum absolute atomic E-state index is 0.0405. The summed E-state index contributed by atoms with van der Waals surface area (Å²) in [5, 5.41) is 4.96. The van der Waals surface area contributed by atoms with Crippen molar-refractivity contribution in [3.8, 4) is 33.4 Å². The van der Waals surface area contributed by atoms with E-state index in [4.69, 9.17) is 0 Å². The number of hydrogen-bond donors (Lipinski definition) is 0. The van der Waals surface area contributed by atoms with Gasteiger partial charge >= 0.3 is 0 Å². The van der Waals surface area contributed by atoms with Gasteiger partial charge in [-0.25, -0.2) is 0 Å². The minimum atomic E-state index is -0.0405. The Hall–Kier alpha value is -6.12. The quantitative estimate of drug-likeness (QED) is 0.177. The predicted molar refractivity (Wildman–Crippen MR) is 213 cm³/mol. The largest absolute Gasteiger partial charge is 0.341 e. The van der Waals surface area contributed by atoms with Crippen molar-refractivity contribution < 1.29 is 0 Å². The normalized spacial score (nSPS) is 14.0. The lowest BCUT2D eigenvalue weighted by molar-refractivity contribution is 0.660. The van der Waals surface area contributed by atoms with Crippen LogP contribution in [0.5, 0.6) is 0 Å². The Bertz CT molecular complexity index is 2600. The van der Waals surface area contributed by atoms with Crippen LogP contribution in [0.3, 0.4) is 0 Å². The van der Waals surface area contributed by atoms with Crippen LogP contribution in [0.2, 0.25) is 0 Å². The first-order chi connectivity index (χ1) is 24.5. The second-order valence-corrected chi connectivity index (χ2v) is 14.2. The second-order valence-electron chi connectivity index (χ2n) is 14.2. The summed E-state index contributed by atoms with van der Waals surface area (Å²) in [7, 11) is 2.17. The molecule has 0 amide bonds. The average Bonchev–Trinajstić information content (AvgIpc) is 3.40. The van der Waals surface area contributed by atoms with Crippen molar-refractivity contribution in [3.63, 3.8) is 0 Å². The molecule has 1 aliphatic carbocycles. The second kappa shape index (κ2) is 10.7. The summed E-state index contributed by atoms with van der Waals surface area (Å²) in [6.07, 6.45) is 0. The van der Waals surface area contributed by atoms with Crippen LogP contribution in [0, 0.1) is 0 Å². The Morgan fingerprint density at radius 3 is 1.70 bits per heavy atom. The van der Waals surface area contributed by atoms with Gasteiger partial charge in [-0.05, 0) is 91.7 Å². The zero-order valence-electron chi connectivity index (χ0n) is 28.5. The maximum Gasteiger partial charge on any atom is 0.0700 e. The SMILES string of the molecule is CN1c2ccccc2N(c2c3ccccc3c(-c3ccc4c(c3)-c3ccccc3C4(C)C)c3cc(-c4ccccc4)ccc23)c2ccccc21. The lowest BCUT2D eigenvalue weighted by atomic mass is 9.81. The standard InChI is InChI=1S/C48H36N2/c1-48(2)40-20-10-9-17-34(40)38-30-33(26-28-41(38)48)46-35-18-7-8-19-36(35)47(37-27-25-32(29-39(37)46)31-15-5-4-6-16-31)50-44-23-13-11-21-42(44)49(3)43-22-12-14-24-45(43)50/h4-30H,1-3H3. The summed E-state index contributed by atoms with van der Waals surface area (Å²) >= 11 is 0. The number of rotatable bonds is 3. The monoisotopic (exact) mass is 640 g/mol. The third kappa shape index (κ3) is 4.02. The summed E-state index contributed by atoms with van der Waals surface area (Å²) in [5.41, 5.74) is 16.3. The molecule has 2 aliphatic rings. The fourth-order valence-corrected chi connectivity index (χ4v) is 8.77. The number of benzene rings is 8. The summed E-state index contributed by atoms with van der Waals surface area (Å²) in [6, 6.07) is 60.6. The van der Waals surface area contributed by atoms with E-state index in [1.807, 2.05) is 0 Å². The zero-order chi connectivity index (χ0) is 33.6. The van der Waals surface area contributed by atoms with Gasteiger partial charge in [-0.2, -0.15) is 0 Å². The van der Waals surface area contributed by atoms with E-state index in [1.165, 1.54) is 94.5 Å². The Labute approximate surface area is 293 Å². The van der Waals surface area contributed by atoms with Crippen molar-refractivity contribution in [1.29, 1.82) is 0 Å². The molecule has 0 bridgehead atoms. The van der Waals surface area contributed by atoms with Crippen molar-refractivity contribution in [1.82, 2.24) is 0 Å². The summed E-state index contributed by atoms with van der Waals surface area (Å²) < 4.78 is 0. The Morgan fingerprint density at radius 1 is 0.400 bits per heavy atom. The van der Waals surface area contributed by atoms with E-state index in [2.05, 4.69) is 194 Å². The molecule has 50 heavy (non-hydrogen) atoms. The molecule has 8 aromatic rings. The van der Waals surface area contributed by atoms with Crippen LogP contribution in [0.25, 0.3) is 54.9 Å². The Balaban J connectivity index is 1.33. The lowest BCUT2D eigenvalue weighted by Gasteiger charge is -2.39. The molecule has 0 N–H and O–H groups in total. The third-order valence-electron chi connectivity index (χ3n) is 11.2. The zero-order valence-corrected chi connectivity index (χ0v) is 28.5. The molecule has 0 spiro atoms. The number of hydrogen-bond acceptors (Lipinski definition) is 2. The van der Waals surface area contributed by atoms with E-state index >= 15 is 0 Å². The predicted octanol–water partition coefficient (Wildman–Crippen LogP) is 13.2. The minimum Gasteiger partial charge on any atom is -0.341 e. The highest BCUT2D eigenvalue weighted by atomic mass is 15.3. The fourth-order valence-electron chi connectivity index (χ4n) is 8.77. The van der Waals surface area contributed by atoms with Crippen LogP contribution in [-0.4, -0.2) is 7.05 Å². The summed E-state index contributed by atoms with van der Waals surface area (Å²) in [5.74, 6) is 0. The van der Waals surface area contributed by atoms with Gasteiger partial charge in [0, 0.05) is 23.2 Å². The maximum atomic E-state index is 2.50. The number of anilines is 5. The van der Waals surface area contributed by atoms with E-state index < -0.39 is 0 Å². The van der Waals surface area contributed by atoms with Crippen LogP contribution >= 0.6 is 0 Å². The highest BCUT2D eigenvalue weighted by molar-refractivity contribution is 6.24. The first-order valence-corrected chi connectivity index (χ1v) is 17.5. The van der Waals surface area contributed by atoms with Gasteiger partial charge in [-0.15, -0.1) is 0 Å². The molecule has 2 nitrogen and oxygen atoms in total. The van der Waals surface area contributed by atoms with Crippen LogP contribution in [0.4, 0.5) is 28.4 Å². The van der Waals surface area contributed by atoms with Crippen molar-refractivity contribution in [2.75, 3.05) is 16.8 Å². The van der Waals surface area contributed by atoms with Crippen molar-refractivity contribution in [2.24, 2.45) is 0 Å². The molecular weight excluding hydrogens is 605 g/mol. The topological polar surface area (TPSA) is 6.48 Å². The van der Waals surface area contributed by atoms with Gasteiger partial charge in [-0.3, -0.25) is 0 Å². The summed E-state index contributed by atoms with van der Waals surface area (Å²) in [6.45, 7) is 4.71. The first kappa shape index (κ1) is 28.9. The molecule has 0 saturated heterocycles. The molecule has 10 rings (SSSR count). The van der Waals surface area contributed by atoms with E-state index in [1.54, 1.807) is 0 Å². The van der Waals surface area contributed by atoms with Crippen molar-refractivity contribution >= 4 is 50.0 Å². The van der Waals surface area contributed by atoms with Gasteiger partial charge in [0.05, 0.1) is 28.4 Å². The third-order valence-corrected chi connectivity index (χ3v) is 11.2. The molecule has 2 heteroatoms. The van der Waals surface area contributed by atoms with E-state index in [9.17, 15) is 0 Å². The number of para-hydroxylation sites is 4. The highest BCUT2D eigenvalue weighted by Gasteiger charge is 2.36. The van der Waals surface area contributed by atoms with Crippen LogP contribution in [-0.2, 0) is 5.41 Å². The molecule has 0 unspecified atom stereocenters. The maximum absolute atomic E-state index is 2.50. The molecule has 0 atom stereocenters. The molecule has 0 fully saturated rings. The molecule has 0 radical (unpaired) electrons. The smallest absolute Gasteiger partial charge is 0.0700 e. The van der Waals surface area contributed by atoms with Gasteiger partial charge in [0.1, 0.15) is 0 Å². The van der Waals surface area contributed by atoms with E-state index in [0.717, 1.165) is 0 Å². The van der Waals surface area contributed by atoms with E-state index in [0.29, 0.717) is 0 Å². The number of fused-ring (bicyclic) bond motifs is 7. The van der Waals surface area contributed by atoms with Gasteiger partial charge in [-0.1, -0.05) is 141 Å². The molecule has 0 saturated carbocycles. The van der Waals surface area contributed by atoms with Crippen LogP contribution < -0.4 is 9.80 Å². The molecule has 1 aliphatic heterocycles. The average molecular weight is 641 g/mol.